The van der Waals surface area contributed by atoms with Crippen molar-refractivity contribution in [3.8, 4) is 11.5 Å². The maximum Gasteiger partial charge on any atom is 0.326 e. The van der Waals surface area contributed by atoms with E-state index in [0.29, 0.717) is 18.7 Å². The van der Waals surface area contributed by atoms with E-state index in [1.807, 2.05) is 6.92 Å². The van der Waals surface area contributed by atoms with Crippen molar-refractivity contribution in [2.24, 2.45) is 5.92 Å². The molecule has 0 radical (unpaired) electrons. The quantitative estimate of drug-likeness (QED) is 0.886. The van der Waals surface area contributed by atoms with Gasteiger partial charge in [-0.3, -0.25) is 4.79 Å². The summed E-state index contributed by atoms with van der Waals surface area (Å²) in [7, 11) is 1.46. The average molecular weight is 293 g/mol. The van der Waals surface area contributed by atoms with E-state index in [0.717, 1.165) is 6.42 Å². The van der Waals surface area contributed by atoms with Crippen LogP contribution in [0.3, 0.4) is 0 Å². The Morgan fingerprint density at radius 2 is 2.10 bits per heavy atom. The van der Waals surface area contributed by atoms with Gasteiger partial charge in [-0.25, -0.2) is 4.79 Å². The Kier molecular flexibility index (Phi) is 4.35. The predicted octanol–water partition coefficient (Wildman–Crippen LogP) is 1.73. The van der Waals surface area contributed by atoms with Crippen LogP contribution in [0.5, 0.6) is 11.5 Å². The van der Waals surface area contributed by atoms with Crippen LogP contribution < -0.4 is 4.74 Å². The normalized spacial score (nSPS) is 21.9. The molecular formula is C15H19NO5. The van der Waals surface area contributed by atoms with Crippen molar-refractivity contribution in [1.29, 1.82) is 0 Å². The Bertz CT molecular complexity index is 557. The lowest BCUT2D eigenvalue weighted by molar-refractivity contribution is -0.144. The summed E-state index contributed by atoms with van der Waals surface area (Å²) in [6.45, 7) is 2.35. The Balaban J connectivity index is 2.27. The number of carbonyl (C=O) groups excluding carboxylic acids is 1. The second kappa shape index (κ2) is 6.03. The minimum atomic E-state index is -1.01. The molecule has 0 aliphatic carbocycles. The third-order valence-electron chi connectivity index (χ3n) is 3.85. The SMILES string of the molecule is COc1ccc(C(=O)N2CCC(C)CC2C(=O)O)c(O)c1. The fourth-order valence-electron chi connectivity index (χ4n) is 2.59. The van der Waals surface area contributed by atoms with Gasteiger partial charge in [-0.1, -0.05) is 6.92 Å². The number of benzene rings is 1. The van der Waals surface area contributed by atoms with Crippen LogP contribution in [-0.2, 0) is 4.79 Å². The van der Waals surface area contributed by atoms with Crippen molar-refractivity contribution in [3.05, 3.63) is 23.8 Å². The summed E-state index contributed by atoms with van der Waals surface area (Å²) in [6, 6.07) is 3.51. The van der Waals surface area contributed by atoms with Crippen molar-refractivity contribution >= 4 is 11.9 Å². The third kappa shape index (κ3) is 3.09. The number of phenols is 1. The van der Waals surface area contributed by atoms with Gasteiger partial charge in [0, 0.05) is 12.6 Å². The number of hydrogen-bond donors (Lipinski definition) is 2. The number of carboxylic acid groups (broad SMARTS) is 1. The molecule has 0 aromatic heterocycles. The molecule has 1 aliphatic heterocycles. The number of rotatable bonds is 3. The average Bonchev–Trinajstić information content (AvgIpc) is 2.46. The number of likely N-dealkylation sites (tertiary alicyclic amines) is 1. The van der Waals surface area contributed by atoms with Crippen LogP contribution >= 0.6 is 0 Å². The van der Waals surface area contributed by atoms with Gasteiger partial charge in [-0.15, -0.1) is 0 Å². The van der Waals surface area contributed by atoms with Crippen molar-refractivity contribution in [2.75, 3.05) is 13.7 Å². The number of carbonyl (C=O) groups is 2. The Labute approximate surface area is 122 Å². The molecule has 0 bridgehead atoms. The highest BCUT2D eigenvalue weighted by Gasteiger charge is 2.35. The van der Waals surface area contributed by atoms with Gasteiger partial charge < -0.3 is 19.8 Å². The van der Waals surface area contributed by atoms with Gasteiger partial charge in [0.1, 0.15) is 17.5 Å². The van der Waals surface area contributed by atoms with Crippen molar-refractivity contribution in [2.45, 2.75) is 25.8 Å². The van der Waals surface area contributed by atoms with E-state index >= 15 is 0 Å². The lowest BCUT2D eigenvalue weighted by Crippen LogP contribution is -2.49. The largest absolute Gasteiger partial charge is 0.507 e. The molecule has 1 aromatic carbocycles. The summed E-state index contributed by atoms with van der Waals surface area (Å²) in [5.74, 6) is -0.981. The second-order valence-corrected chi connectivity index (χ2v) is 5.37. The van der Waals surface area contributed by atoms with E-state index in [2.05, 4.69) is 0 Å². The molecule has 1 saturated heterocycles. The highest BCUT2D eigenvalue weighted by molar-refractivity contribution is 5.99. The number of phenolic OH excluding ortho intramolecular Hbond substituents is 1. The number of amides is 1. The molecule has 1 aliphatic rings. The van der Waals surface area contributed by atoms with E-state index < -0.39 is 17.9 Å². The van der Waals surface area contributed by atoms with Crippen LogP contribution in [0.25, 0.3) is 0 Å². The maximum atomic E-state index is 12.5. The fraction of sp³-hybridized carbons (Fsp3) is 0.467. The van der Waals surface area contributed by atoms with Crippen LogP contribution in [-0.4, -0.2) is 46.7 Å². The second-order valence-electron chi connectivity index (χ2n) is 5.37. The van der Waals surface area contributed by atoms with Gasteiger partial charge in [0.15, 0.2) is 0 Å². The summed E-state index contributed by atoms with van der Waals surface area (Å²) in [5, 5.41) is 19.2. The molecule has 0 saturated carbocycles. The molecule has 1 fully saturated rings. The Morgan fingerprint density at radius 1 is 1.38 bits per heavy atom. The first-order chi connectivity index (χ1) is 9.93. The number of carboxylic acids is 1. The standard InChI is InChI=1S/C15H19NO5/c1-9-5-6-16(12(7-9)15(19)20)14(18)11-4-3-10(21-2)8-13(11)17/h3-4,8-9,12,17H,5-7H2,1-2H3,(H,19,20). The molecule has 2 atom stereocenters. The van der Waals surface area contributed by atoms with Gasteiger partial charge in [0.05, 0.1) is 12.7 Å². The zero-order valence-corrected chi connectivity index (χ0v) is 12.1. The summed E-state index contributed by atoms with van der Waals surface area (Å²) < 4.78 is 4.97. The smallest absolute Gasteiger partial charge is 0.326 e. The zero-order chi connectivity index (χ0) is 15.6. The van der Waals surface area contributed by atoms with E-state index in [-0.39, 0.29) is 17.2 Å². The summed E-state index contributed by atoms with van der Waals surface area (Å²) >= 11 is 0. The van der Waals surface area contributed by atoms with Crippen LogP contribution in [0, 0.1) is 5.92 Å². The van der Waals surface area contributed by atoms with Crippen molar-refractivity contribution in [1.82, 2.24) is 4.90 Å². The molecule has 6 nitrogen and oxygen atoms in total. The molecule has 6 heteroatoms. The molecule has 2 unspecified atom stereocenters. The Morgan fingerprint density at radius 3 is 2.67 bits per heavy atom. The minimum absolute atomic E-state index is 0.0941. The number of nitrogens with zero attached hydrogens (tertiary/aromatic N) is 1. The highest BCUT2D eigenvalue weighted by Crippen LogP contribution is 2.29. The van der Waals surface area contributed by atoms with Gasteiger partial charge in [-0.05, 0) is 30.9 Å². The van der Waals surface area contributed by atoms with Crippen LogP contribution in [0.15, 0.2) is 18.2 Å². The fourth-order valence-corrected chi connectivity index (χ4v) is 2.59. The number of piperidine rings is 1. The van der Waals surface area contributed by atoms with Gasteiger partial charge in [0.2, 0.25) is 0 Å². The molecule has 2 N–H and O–H groups in total. The predicted molar refractivity (Wildman–Crippen MR) is 75.5 cm³/mol. The molecule has 1 heterocycles. The monoisotopic (exact) mass is 293 g/mol. The lowest BCUT2D eigenvalue weighted by Gasteiger charge is -2.36. The van der Waals surface area contributed by atoms with E-state index in [1.54, 1.807) is 6.07 Å². The number of aliphatic carboxylic acids is 1. The molecule has 2 rings (SSSR count). The van der Waals surface area contributed by atoms with Gasteiger partial charge in [0.25, 0.3) is 5.91 Å². The number of methoxy groups -OCH3 is 1. The van der Waals surface area contributed by atoms with Crippen LogP contribution in [0.2, 0.25) is 0 Å². The molecule has 114 valence electrons. The first kappa shape index (κ1) is 15.2. The zero-order valence-electron chi connectivity index (χ0n) is 12.1. The van der Waals surface area contributed by atoms with Crippen LogP contribution in [0.1, 0.15) is 30.1 Å². The maximum absolute atomic E-state index is 12.5. The topological polar surface area (TPSA) is 87.1 Å². The van der Waals surface area contributed by atoms with Gasteiger partial charge in [-0.2, -0.15) is 0 Å². The number of ether oxygens (including phenoxy) is 1. The van der Waals surface area contributed by atoms with E-state index in [9.17, 15) is 19.8 Å². The van der Waals surface area contributed by atoms with Crippen molar-refractivity contribution < 1.29 is 24.5 Å². The minimum Gasteiger partial charge on any atom is -0.507 e. The third-order valence-corrected chi connectivity index (χ3v) is 3.85. The number of aromatic hydroxyl groups is 1. The van der Waals surface area contributed by atoms with Crippen LogP contribution in [0.4, 0.5) is 0 Å². The number of hydrogen-bond acceptors (Lipinski definition) is 4. The summed E-state index contributed by atoms with van der Waals surface area (Å²) in [6.07, 6.45) is 1.18. The highest BCUT2D eigenvalue weighted by atomic mass is 16.5. The van der Waals surface area contributed by atoms with Crippen molar-refractivity contribution in [3.63, 3.8) is 0 Å². The summed E-state index contributed by atoms with van der Waals surface area (Å²) in [5.41, 5.74) is 0.0941. The first-order valence-electron chi connectivity index (χ1n) is 6.84. The molecule has 21 heavy (non-hydrogen) atoms. The molecule has 0 spiro atoms. The molecule has 1 aromatic rings. The van der Waals surface area contributed by atoms with E-state index in [1.165, 1.54) is 24.1 Å². The van der Waals surface area contributed by atoms with E-state index in [4.69, 9.17) is 4.74 Å². The van der Waals surface area contributed by atoms with Gasteiger partial charge >= 0.3 is 5.97 Å². The lowest BCUT2D eigenvalue weighted by atomic mass is 9.92. The molecule has 1 amide bonds. The molecular weight excluding hydrogens is 274 g/mol. The first-order valence-corrected chi connectivity index (χ1v) is 6.84. The summed E-state index contributed by atoms with van der Waals surface area (Å²) in [4.78, 5) is 25.2. The Hall–Kier alpha value is -2.24.